The Morgan fingerprint density at radius 2 is 2.24 bits per heavy atom. The molecule has 2 nitrogen and oxygen atoms in total. The van der Waals surface area contributed by atoms with Gasteiger partial charge in [0.2, 0.25) is 0 Å². The first-order valence-electron chi connectivity index (χ1n) is 5.56. The van der Waals surface area contributed by atoms with Crippen LogP contribution in [-0.4, -0.2) is 16.7 Å². The van der Waals surface area contributed by atoms with Gasteiger partial charge in [0.25, 0.3) is 0 Å². The standard InChI is InChI=1S/C13H12BrNOS/c14-10-3-1-2-9(6-10)11-7-17-12(15-11)13(8-16)4-5-13/h1-3,6-7,16H,4-5,8H2. The highest BCUT2D eigenvalue weighted by atomic mass is 79.9. The number of hydrogen-bond acceptors (Lipinski definition) is 3. The molecule has 1 aliphatic rings. The summed E-state index contributed by atoms with van der Waals surface area (Å²) in [6, 6.07) is 8.14. The maximum Gasteiger partial charge on any atom is 0.102 e. The monoisotopic (exact) mass is 309 g/mol. The Morgan fingerprint density at radius 1 is 1.41 bits per heavy atom. The van der Waals surface area contributed by atoms with Crippen LogP contribution in [0.15, 0.2) is 34.1 Å². The molecule has 1 aromatic heterocycles. The lowest BCUT2D eigenvalue weighted by Gasteiger charge is -2.05. The summed E-state index contributed by atoms with van der Waals surface area (Å²) < 4.78 is 1.06. The third kappa shape index (κ3) is 2.05. The molecule has 1 saturated carbocycles. The lowest BCUT2D eigenvalue weighted by molar-refractivity contribution is 0.255. The molecule has 17 heavy (non-hydrogen) atoms. The summed E-state index contributed by atoms with van der Waals surface area (Å²) in [4.78, 5) is 4.66. The van der Waals surface area contributed by atoms with Crippen LogP contribution in [0.2, 0.25) is 0 Å². The minimum absolute atomic E-state index is 0.0189. The number of halogens is 1. The van der Waals surface area contributed by atoms with E-state index in [9.17, 15) is 5.11 Å². The molecule has 0 radical (unpaired) electrons. The molecule has 0 atom stereocenters. The van der Waals surface area contributed by atoms with Gasteiger partial charge in [-0.2, -0.15) is 0 Å². The molecule has 0 unspecified atom stereocenters. The highest BCUT2D eigenvalue weighted by molar-refractivity contribution is 9.10. The summed E-state index contributed by atoms with van der Waals surface area (Å²) in [5.41, 5.74) is 2.11. The molecule has 1 aromatic carbocycles. The second-order valence-electron chi connectivity index (χ2n) is 4.49. The van der Waals surface area contributed by atoms with E-state index in [4.69, 9.17) is 0 Å². The number of aliphatic hydroxyl groups excluding tert-OH is 1. The van der Waals surface area contributed by atoms with E-state index < -0.39 is 0 Å². The van der Waals surface area contributed by atoms with Crippen LogP contribution in [0.25, 0.3) is 11.3 Å². The predicted octanol–water partition coefficient (Wildman–Crippen LogP) is 3.60. The van der Waals surface area contributed by atoms with Crippen molar-refractivity contribution in [3.63, 3.8) is 0 Å². The largest absolute Gasteiger partial charge is 0.395 e. The fourth-order valence-corrected chi connectivity index (χ4v) is 3.37. The number of hydrogen-bond donors (Lipinski definition) is 1. The number of rotatable bonds is 3. The number of benzene rings is 1. The van der Waals surface area contributed by atoms with Crippen molar-refractivity contribution in [2.45, 2.75) is 18.3 Å². The number of aromatic nitrogens is 1. The van der Waals surface area contributed by atoms with E-state index in [0.717, 1.165) is 33.6 Å². The normalized spacial score (nSPS) is 17.1. The van der Waals surface area contributed by atoms with E-state index >= 15 is 0 Å². The minimum Gasteiger partial charge on any atom is -0.395 e. The summed E-state index contributed by atoms with van der Waals surface area (Å²) in [5, 5.41) is 12.5. The first-order chi connectivity index (χ1) is 8.23. The van der Waals surface area contributed by atoms with Crippen LogP contribution in [0.5, 0.6) is 0 Å². The Bertz CT molecular complexity index is 548. The van der Waals surface area contributed by atoms with Gasteiger partial charge >= 0.3 is 0 Å². The molecule has 0 bridgehead atoms. The third-order valence-electron chi connectivity index (χ3n) is 3.23. The Balaban J connectivity index is 1.95. The molecular formula is C13H12BrNOS. The third-order valence-corrected chi connectivity index (χ3v) is 4.82. The van der Waals surface area contributed by atoms with E-state index in [2.05, 4.69) is 38.4 Å². The van der Waals surface area contributed by atoms with Gasteiger partial charge < -0.3 is 5.11 Å². The SMILES string of the molecule is OCC1(c2nc(-c3cccc(Br)c3)cs2)CC1. The Labute approximate surface area is 112 Å². The molecule has 4 heteroatoms. The molecule has 0 amide bonds. The van der Waals surface area contributed by atoms with Gasteiger partial charge in [-0.05, 0) is 25.0 Å². The zero-order valence-electron chi connectivity index (χ0n) is 9.19. The topological polar surface area (TPSA) is 33.1 Å². The predicted molar refractivity (Wildman–Crippen MR) is 73.2 cm³/mol. The maximum atomic E-state index is 9.39. The average molecular weight is 310 g/mol. The average Bonchev–Trinajstić information content (AvgIpc) is 2.99. The highest BCUT2D eigenvalue weighted by Gasteiger charge is 2.46. The summed E-state index contributed by atoms with van der Waals surface area (Å²) in [6.07, 6.45) is 2.13. The van der Waals surface area contributed by atoms with Crippen molar-refractivity contribution in [1.29, 1.82) is 0 Å². The zero-order chi connectivity index (χ0) is 11.9. The van der Waals surface area contributed by atoms with Crippen molar-refractivity contribution in [2.75, 3.05) is 6.61 Å². The molecule has 2 aromatic rings. The molecule has 0 aliphatic heterocycles. The van der Waals surface area contributed by atoms with Crippen molar-refractivity contribution in [3.05, 3.63) is 39.1 Å². The quantitative estimate of drug-likeness (QED) is 0.940. The van der Waals surface area contributed by atoms with Crippen LogP contribution in [-0.2, 0) is 5.41 Å². The maximum absolute atomic E-state index is 9.39. The van der Waals surface area contributed by atoms with Gasteiger partial charge in [0.15, 0.2) is 0 Å². The van der Waals surface area contributed by atoms with Crippen molar-refractivity contribution in [2.24, 2.45) is 0 Å². The van der Waals surface area contributed by atoms with Crippen LogP contribution >= 0.6 is 27.3 Å². The Hall–Kier alpha value is -0.710. The lowest BCUT2D eigenvalue weighted by atomic mass is 10.1. The van der Waals surface area contributed by atoms with Crippen molar-refractivity contribution in [3.8, 4) is 11.3 Å². The first kappa shape index (κ1) is 11.4. The van der Waals surface area contributed by atoms with Gasteiger partial charge in [-0.15, -0.1) is 11.3 Å². The summed E-state index contributed by atoms with van der Waals surface area (Å²) in [6.45, 7) is 0.221. The molecule has 88 valence electrons. The molecule has 0 spiro atoms. The number of aliphatic hydroxyl groups is 1. The molecule has 3 rings (SSSR count). The molecule has 1 fully saturated rings. The summed E-state index contributed by atoms with van der Waals surface area (Å²) in [5.74, 6) is 0. The number of thiazole rings is 1. The number of nitrogens with zero attached hydrogens (tertiary/aromatic N) is 1. The second-order valence-corrected chi connectivity index (χ2v) is 6.26. The second kappa shape index (κ2) is 4.19. The zero-order valence-corrected chi connectivity index (χ0v) is 11.6. The van der Waals surface area contributed by atoms with Gasteiger partial charge in [-0.25, -0.2) is 4.98 Å². The lowest BCUT2D eigenvalue weighted by Crippen LogP contribution is -2.11. The Kier molecular flexibility index (Phi) is 2.81. The molecule has 0 saturated heterocycles. The van der Waals surface area contributed by atoms with Crippen LogP contribution in [0.1, 0.15) is 17.8 Å². The summed E-state index contributed by atoms with van der Waals surface area (Å²) in [7, 11) is 0. The molecular weight excluding hydrogens is 298 g/mol. The fourth-order valence-electron chi connectivity index (χ4n) is 1.89. The molecule has 1 aliphatic carbocycles. The van der Waals surface area contributed by atoms with Crippen molar-refractivity contribution < 1.29 is 5.11 Å². The van der Waals surface area contributed by atoms with E-state index in [0.29, 0.717) is 0 Å². The highest BCUT2D eigenvalue weighted by Crippen LogP contribution is 2.49. The van der Waals surface area contributed by atoms with Crippen LogP contribution in [0, 0.1) is 0 Å². The van der Waals surface area contributed by atoms with E-state index in [1.165, 1.54) is 0 Å². The summed E-state index contributed by atoms with van der Waals surface area (Å²) >= 11 is 5.13. The van der Waals surface area contributed by atoms with Gasteiger partial charge in [-0.1, -0.05) is 28.1 Å². The molecule has 1 N–H and O–H groups in total. The van der Waals surface area contributed by atoms with Crippen LogP contribution in [0.3, 0.4) is 0 Å². The minimum atomic E-state index is -0.0189. The van der Waals surface area contributed by atoms with Gasteiger partial charge in [0, 0.05) is 20.8 Å². The fraction of sp³-hybridized carbons (Fsp3) is 0.308. The van der Waals surface area contributed by atoms with Gasteiger partial charge in [-0.3, -0.25) is 0 Å². The van der Waals surface area contributed by atoms with Crippen molar-refractivity contribution >= 4 is 27.3 Å². The van der Waals surface area contributed by atoms with E-state index in [1.54, 1.807) is 11.3 Å². The van der Waals surface area contributed by atoms with Crippen LogP contribution in [0.4, 0.5) is 0 Å². The van der Waals surface area contributed by atoms with Crippen molar-refractivity contribution in [1.82, 2.24) is 4.98 Å². The van der Waals surface area contributed by atoms with Crippen LogP contribution < -0.4 is 0 Å². The van der Waals surface area contributed by atoms with E-state index in [-0.39, 0.29) is 12.0 Å². The first-order valence-corrected chi connectivity index (χ1v) is 7.24. The Morgan fingerprint density at radius 3 is 2.88 bits per heavy atom. The smallest absolute Gasteiger partial charge is 0.102 e. The van der Waals surface area contributed by atoms with Gasteiger partial charge in [0.1, 0.15) is 5.01 Å². The van der Waals surface area contributed by atoms with Gasteiger partial charge in [0.05, 0.1) is 12.3 Å². The molecule has 1 heterocycles. The van der Waals surface area contributed by atoms with E-state index in [1.807, 2.05) is 12.1 Å².